The van der Waals surface area contributed by atoms with Crippen LogP contribution in [0.15, 0.2) is 0 Å². The molecule has 3 heteroatoms. The van der Waals surface area contributed by atoms with E-state index in [1.54, 1.807) is 6.92 Å². The van der Waals surface area contributed by atoms with Gasteiger partial charge in [0.2, 0.25) is 0 Å². The molecule has 0 rings (SSSR count). The summed E-state index contributed by atoms with van der Waals surface area (Å²) in [4.78, 5) is 0. The molecule has 3 nitrogen and oxygen atoms in total. The highest BCUT2D eigenvalue weighted by Crippen LogP contribution is 1.93. The van der Waals surface area contributed by atoms with Gasteiger partial charge in [0.05, 0.1) is 12.2 Å². The number of hydrogen-bond donors (Lipinski definition) is 2. The molecule has 2 N–H and O–H groups in total. The van der Waals surface area contributed by atoms with E-state index in [-0.39, 0.29) is 6.10 Å². The molecule has 0 aliphatic rings. The molecular weight excluding hydrogens is 166 g/mol. The smallest absolute Gasteiger partial charge is 0.0636 e. The molecule has 13 heavy (non-hydrogen) atoms. The summed E-state index contributed by atoms with van der Waals surface area (Å²) in [6.45, 7) is 8.37. The number of rotatable bonds is 8. The van der Waals surface area contributed by atoms with Gasteiger partial charge in [0.25, 0.3) is 0 Å². The van der Waals surface area contributed by atoms with E-state index in [0.29, 0.717) is 12.6 Å². The number of hydrogen-bond acceptors (Lipinski definition) is 3. The highest BCUT2D eigenvalue weighted by atomic mass is 16.5. The van der Waals surface area contributed by atoms with Crippen LogP contribution < -0.4 is 5.32 Å². The van der Waals surface area contributed by atoms with E-state index in [4.69, 9.17) is 9.84 Å². The van der Waals surface area contributed by atoms with E-state index in [1.807, 2.05) is 13.8 Å². The third-order valence-corrected chi connectivity index (χ3v) is 1.64. The summed E-state index contributed by atoms with van der Waals surface area (Å²) >= 11 is 0. The lowest BCUT2D eigenvalue weighted by atomic mass is 10.3. The molecule has 0 aromatic heterocycles. The standard InChI is InChI=1S/C10H23NO2/c1-9(2)13-7-5-4-6-11-8-10(3)12/h9-12H,4-8H2,1-3H3/t10-/m0/s1. The first-order valence-electron chi connectivity index (χ1n) is 5.13. The Morgan fingerprint density at radius 1 is 1.23 bits per heavy atom. The first kappa shape index (κ1) is 12.9. The lowest BCUT2D eigenvalue weighted by Gasteiger charge is -2.08. The average molecular weight is 189 g/mol. The summed E-state index contributed by atoms with van der Waals surface area (Å²) in [5.74, 6) is 0. The zero-order chi connectivity index (χ0) is 10.1. The van der Waals surface area contributed by atoms with Gasteiger partial charge in [-0.1, -0.05) is 0 Å². The zero-order valence-corrected chi connectivity index (χ0v) is 9.05. The first-order valence-corrected chi connectivity index (χ1v) is 5.13. The van der Waals surface area contributed by atoms with Crippen molar-refractivity contribution in [2.45, 2.75) is 45.8 Å². The average Bonchev–Trinajstić information content (AvgIpc) is 2.01. The third kappa shape index (κ3) is 11.9. The largest absolute Gasteiger partial charge is 0.392 e. The summed E-state index contributed by atoms with van der Waals surface area (Å²) < 4.78 is 5.39. The van der Waals surface area contributed by atoms with Crippen molar-refractivity contribution in [3.63, 3.8) is 0 Å². The van der Waals surface area contributed by atoms with Crippen molar-refractivity contribution < 1.29 is 9.84 Å². The summed E-state index contributed by atoms with van der Waals surface area (Å²) in [6, 6.07) is 0. The molecule has 80 valence electrons. The maximum absolute atomic E-state index is 8.94. The molecule has 1 atom stereocenters. The third-order valence-electron chi connectivity index (χ3n) is 1.64. The summed E-state index contributed by atoms with van der Waals surface area (Å²) in [7, 11) is 0. The van der Waals surface area contributed by atoms with Crippen LogP contribution in [0, 0.1) is 0 Å². The van der Waals surface area contributed by atoms with Crippen molar-refractivity contribution in [1.82, 2.24) is 5.32 Å². The first-order chi connectivity index (χ1) is 6.13. The molecule has 0 saturated heterocycles. The van der Waals surface area contributed by atoms with Crippen molar-refractivity contribution in [1.29, 1.82) is 0 Å². The van der Waals surface area contributed by atoms with Crippen LogP contribution in [-0.2, 0) is 4.74 Å². The van der Waals surface area contributed by atoms with Crippen LogP contribution in [0.25, 0.3) is 0 Å². The maximum Gasteiger partial charge on any atom is 0.0636 e. The quantitative estimate of drug-likeness (QED) is 0.563. The normalized spacial score (nSPS) is 13.6. The van der Waals surface area contributed by atoms with E-state index in [9.17, 15) is 0 Å². The SMILES string of the molecule is CC(C)OCCCCNC[C@H](C)O. The van der Waals surface area contributed by atoms with Gasteiger partial charge in [0, 0.05) is 13.2 Å². The molecule has 0 fully saturated rings. The Balaban J connectivity index is 2.92. The van der Waals surface area contributed by atoms with Gasteiger partial charge < -0.3 is 15.2 Å². The second-order valence-corrected chi connectivity index (χ2v) is 3.68. The van der Waals surface area contributed by atoms with Crippen molar-refractivity contribution in [2.75, 3.05) is 19.7 Å². The Hall–Kier alpha value is -0.120. The van der Waals surface area contributed by atoms with Crippen LogP contribution in [0.1, 0.15) is 33.6 Å². The van der Waals surface area contributed by atoms with Crippen molar-refractivity contribution in [3.8, 4) is 0 Å². The van der Waals surface area contributed by atoms with Gasteiger partial charge in [0.1, 0.15) is 0 Å². The molecule has 0 saturated carbocycles. The van der Waals surface area contributed by atoms with Crippen molar-refractivity contribution in [3.05, 3.63) is 0 Å². The fourth-order valence-electron chi connectivity index (χ4n) is 0.982. The van der Waals surface area contributed by atoms with Crippen LogP contribution in [0.2, 0.25) is 0 Å². The van der Waals surface area contributed by atoms with Crippen molar-refractivity contribution in [2.24, 2.45) is 0 Å². The summed E-state index contributed by atoms with van der Waals surface area (Å²) in [5.41, 5.74) is 0. The Labute approximate surface area is 81.5 Å². The van der Waals surface area contributed by atoms with Gasteiger partial charge in [-0.05, 0) is 40.2 Å². The van der Waals surface area contributed by atoms with Gasteiger partial charge in [-0.15, -0.1) is 0 Å². The minimum absolute atomic E-state index is 0.244. The van der Waals surface area contributed by atoms with E-state index in [2.05, 4.69) is 5.32 Å². The molecule has 0 heterocycles. The van der Waals surface area contributed by atoms with Gasteiger partial charge in [0.15, 0.2) is 0 Å². The van der Waals surface area contributed by atoms with E-state index in [1.165, 1.54) is 0 Å². The Kier molecular flexibility index (Phi) is 8.40. The van der Waals surface area contributed by atoms with Crippen LogP contribution in [0.4, 0.5) is 0 Å². The van der Waals surface area contributed by atoms with Gasteiger partial charge in [-0.2, -0.15) is 0 Å². The van der Waals surface area contributed by atoms with E-state index < -0.39 is 0 Å². The second-order valence-electron chi connectivity index (χ2n) is 3.68. The van der Waals surface area contributed by atoms with Crippen LogP contribution in [0.3, 0.4) is 0 Å². The fraction of sp³-hybridized carbons (Fsp3) is 1.00. The number of aliphatic hydroxyl groups is 1. The highest BCUT2D eigenvalue weighted by molar-refractivity contribution is 4.52. The second kappa shape index (κ2) is 8.48. The monoisotopic (exact) mass is 189 g/mol. The molecule has 0 aromatic rings. The minimum Gasteiger partial charge on any atom is -0.392 e. The van der Waals surface area contributed by atoms with E-state index in [0.717, 1.165) is 26.0 Å². The molecule has 0 amide bonds. The van der Waals surface area contributed by atoms with Gasteiger partial charge in [-0.3, -0.25) is 0 Å². The fourth-order valence-corrected chi connectivity index (χ4v) is 0.982. The molecule has 0 bridgehead atoms. The zero-order valence-electron chi connectivity index (χ0n) is 9.05. The molecule has 0 aliphatic carbocycles. The summed E-state index contributed by atoms with van der Waals surface area (Å²) in [5, 5.41) is 12.1. The minimum atomic E-state index is -0.244. The van der Waals surface area contributed by atoms with E-state index >= 15 is 0 Å². The molecule has 0 radical (unpaired) electrons. The lowest BCUT2D eigenvalue weighted by molar-refractivity contribution is 0.0759. The number of ether oxygens (including phenoxy) is 1. The van der Waals surface area contributed by atoms with Crippen LogP contribution in [-0.4, -0.2) is 37.0 Å². The van der Waals surface area contributed by atoms with Crippen LogP contribution >= 0.6 is 0 Å². The molecule has 0 unspecified atom stereocenters. The van der Waals surface area contributed by atoms with Gasteiger partial charge >= 0.3 is 0 Å². The number of aliphatic hydroxyl groups excluding tert-OH is 1. The van der Waals surface area contributed by atoms with Crippen molar-refractivity contribution >= 4 is 0 Å². The predicted molar refractivity (Wildman–Crippen MR) is 54.9 cm³/mol. The Bertz CT molecular complexity index is 93.1. The highest BCUT2D eigenvalue weighted by Gasteiger charge is 1.95. The topological polar surface area (TPSA) is 41.5 Å². The molecule has 0 spiro atoms. The lowest BCUT2D eigenvalue weighted by Crippen LogP contribution is -2.25. The Morgan fingerprint density at radius 3 is 2.46 bits per heavy atom. The number of nitrogens with one attached hydrogen (secondary N) is 1. The number of unbranched alkanes of at least 4 members (excludes halogenated alkanes) is 1. The molecule has 0 aliphatic heterocycles. The Morgan fingerprint density at radius 2 is 1.92 bits per heavy atom. The van der Waals surface area contributed by atoms with Gasteiger partial charge in [-0.25, -0.2) is 0 Å². The molecular formula is C10H23NO2. The predicted octanol–water partition coefficient (Wildman–Crippen LogP) is 1.16. The maximum atomic E-state index is 8.94. The summed E-state index contributed by atoms with van der Waals surface area (Å²) in [6.07, 6.45) is 2.29. The van der Waals surface area contributed by atoms with Crippen LogP contribution in [0.5, 0.6) is 0 Å². The molecule has 0 aromatic carbocycles.